The zero-order valence-electron chi connectivity index (χ0n) is 16.2. The standard InChI is InChI=1S/C20H20ClNO7S/c1-27-18-5-3-2-4-15(18)17(23)13-29-20(24)14-6-7-16(21)19(12-14)30(25,26)22-8-10-28-11-9-22/h2-7,12H,8-11,13H2,1H3. The smallest absolute Gasteiger partial charge is 0.338 e. The van der Waals surface area contributed by atoms with Crippen LogP contribution >= 0.6 is 11.6 Å². The lowest BCUT2D eigenvalue weighted by atomic mass is 10.1. The molecule has 0 N–H and O–H groups in total. The number of morpholine rings is 1. The minimum Gasteiger partial charge on any atom is -0.496 e. The first-order chi connectivity index (χ1) is 14.3. The monoisotopic (exact) mass is 453 g/mol. The first-order valence-electron chi connectivity index (χ1n) is 9.05. The Morgan fingerprint density at radius 1 is 1.13 bits per heavy atom. The van der Waals surface area contributed by atoms with Crippen molar-refractivity contribution in [1.82, 2.24) is 4.31 Å². The lowest BCUT2D eigenvalue weighted by Gasteiger charge is -2.26. The summed E-state index contributed by atoms with van der Waals surface area (Å²) < 4.78 is 42.4. The molecule has 0 amide bonds. The number of sulfonamides is 1. The summed E-state index contributed by atoms with van der Waals surface area (Å²) in [6, 6.07) is 10.4. The molecule has 0 unspecified atom stereocenters. The summed E-state index contributed by atoms with van der Waals surface area (Å²) in [5.74, 6) is -0.923. The minimum atomic E-state index is -3.90. The van der Waals surface area contributed by atoms with Crippen molar-refractivity contribution in [2.45, 2.75) is 4.90 Å². The van der Waals surface area contributed by atoms with E-state index in [0.29, 0.717) is 5.75 Å². The maximum atomic E-state index is 12.9. The normalized spacial score (nSPS) is 14.9. The summed E-state index contributed by atoms with van der Waals surface area (Å²) in [4.78, 5) is 24.6. The van der Waals surface area contributed by atoms with E-state index in [-0.39, 0.29) is 47.3 Å². The number of benzene rings is 2. The second-order valence-corrected chi connectivity index (χ2v) is 8.67. The van der Waals surface area contributed by atoms with E-state index in [0.717, 1.165) is 6.07 Å². The van der Waals surface area contributed by atoms with E-state index >= 15 is 0 Å². The summed E-state index contributed by atoms with van der Waals surface area (Å²) in [5.41, 5.74) is 0.249. The van der Waals surface area contributed by atoms with Crippen LogP contribution in [0.1, 0.15) is 20.7 Å². The van der Waals surface area contributed by atoms with Crippen LogP contribution in [-0.4, -0.2) is 64.5 Å². The zero-order chi connectivity index (χ0) is 21.7. The van der Waals surface area contributed by atoms with E-state index in [1.807, 2.05) is 0 Å². The van der Waals surface area contributed by atoms with E-state index in [1.54, 1.807) is 24.3 Å². The topological polar surface area (TPSA) is 99.2 Å². The Morgan fingerprint density at radius 3 is 2.53 bits per heavy atom. The maximum Gasteiger partial charge on any atom is 0.338 e. The Labute approximate surface area is 179 Å². The number of carbonyl (C=O) groups is 2. The largest absolute Gasteiger partial charge is 0.496 e. The predicted molar refractivity (Wildman–Crippen MR) is 109 cm³/mol. The van der Waals surface area contributed by atoms with Gasteiger partial charge in [0.25, 0.3) is 0 Å². The minimum absolute atomic E-state index is 0.0110. The molecule has 1 aliphatic rings. The van der Waals surface area contributed by atoms with Gasteiger partial charge in [0.05, 0.1) is 36.5 Å². The van der Waals surface area contributed by atoms with E-state index in [9.17, 15) is 18.0 Å². The number of hydrogen-bond donors (Lipinski definition) is 0. The third-order valence-corrected chi connectivity index (χ3v) is 6.88. The van der Waals surface area contributed by atoms with Crippen molar-refractivity contribution in [2.75, 3.05) is 40.0 Å². The van der Waals surface area contributed by atoms with Crippen molar-refractivity contribution in [2.24, 2.45) is 0 Å². The number of carbonyl (C=O) groups excluding carboxylic acids is 2. The Bertz CT molecular complexity index is 1050. The summed E-state index contributed by atoms with van der Waals surface area (Å²) >= 11 is 6.09. The molecule has 0 saturated carbocycles. The SMILES string of the molecule is COc1ccccc1C(=O)COC(=O)c1ccc(Cl)c(S(=O)(=O)N2CCOCC2)c1. The Morgan fingerprint density at radius 2 is 1.83 bits per heavy atom. The molecule has 2 aromatic rings. The molecule has 160 valence electrons. The molecule has 8 nitrogen and oxygen atoms in total. The molecule has 1 fully saturated rings. The number of para-hydroxylation sites is 1. The Hall–Kier alpha value is -2.46. The predicted octanol–water partition coefficient (Wildman–Crippen LogP) is 2.41. The van der Waals surface area contributed by atoms with Crippen LogP contribution in [0.2, 0.25) is 5.02 Å². The van der Waals surface area contributed by atoms with Crippen molar-refractivity contribution in [3.8, 4) is 5.75 Å². The van der Waals surface area contributed by atoms with Crippen LogP contribution in [0.15, 0.2) is 47.4 Å². The van der Waals surface area contributed by atoms with Crippen LogP contribution in [0, 0.1) is 0 Å². The molecular formula is C20H20ClNO7S. The average molecular weight is 454 g/mol. The van der Waals surface area contributed by atoms with Gasteiger partial charge in [0.2, 0.25) is 15.8 Å². The van der Waals surface area contributed by atoms with Gasteiger partial charge in [-0.15, -0.1) is 0 Å². The molecule has 1 saturated heterocycles. The third kappa shape index (κ3) is 4.81. The molecule has 1 aliphatic heterocycles. The fourth-order valence-electron chi connectivity index (χ4n) is 2.92. The van der Waals surface area contributed by atoms with Gasteiger partial charge in [-0.25, -0.2) is 13.2 Å². The van der Waals surface area contributed by atoms with Gasteiger partial charge in [0, 0.05) is 13.1 Å². The van der Waals surface area contributed by atoms with Gasteiger partial charge in [0.15, 0.2) is 6.61 Å². The van der Waals surface area contributed by atoms with Crippen LogP contribution < -0.4 is 4.74 Å². The first kappa shape index (κ1) is 22.2. The molecule has 10 heteroatoms. The summed E-state index contributed by atoms with van der Waals surface area (Å²) in [7, 11) is -2.47. The van der Waals surface area contributed by atoms with Gasteiger partial charge in [-0.05, 0) is 30.3 Å². The molecule has 30 heavy (non-hydrogen) atoms. The van der Waals surface area contributed by atoms with Gasteiger partial charge >= 0.3 is 5.97 Å². The van der Waals surface area contributed by atoms with Gasteiger partial charge < -0.3 is 14.2 Å². The highest BCUT2D eigenvalue weighted by atomic mass is 35.5. The number of hydrogen-bond acceptors (Lipinski definition) is 7. The first-order valence-corrected chi connectivity index (χ1v) is 10.9. The van der Waals surface area contributed by atoms with Gasteiger partial charge in [-0.3, -0.25) is 4.79 Å². The van der Waals surface area contributed by atoms with Gasteiger partial charge in [-0.2, -0.15) is 4.31 Å². The van der Waals surface area contributed by atoms with Crippen molar-refractivity contribution in [1.29, 1.82) is 0 Å². The third-order valence-electron chi connectivity index (χ3n) is 4.50. The lowest BCUT2D eigenvalue weighted by molar-refractivity contribution is 0.0473. The van der Waals surface area contributed by atoms with E-state index in [2.05, 4.69) is 0 Å². The Kier molecular flexibility index (Phi) is 7.09. The summed E-state index contributed by atoms with van der Waals surface area (Å²) in [5, 5.41) is -0.0110. The molecule has 3 rings (SSSR count). The number of methoxy groups -OCH3 is 1. The number of nitrogens with zero attached hydrogens (tertiary/aromatic N) is 1. The fraction of sp³-hybridized carbons (Fsp3) is 0.300. The molecular weight excluding hydrogens is 434 g/mol. The highest BCUT2D eigenvalue weighted by molar-refractivity contribution is 7.89. The zero-order valence-corrected chi connectivity index (χ0v) is 17.7. The Balaban J connectivity index is 1.75. The average Bonchev–Trinajstić information content (AvgIpc) is 2.77. The second kappa shape index (κ2) is 9.57. The molecule has 2 aromatic carbocycles. The summed E-state index contributed by atoms with van der Waals surface area (Å²) in [6.45, 7) is 0.433. The van der Waals surface area contributed by atoms with Gasteiger partial charge in [0.1, 0.15) is 10.6 Å². The number of rotatable bonds is 7. The van der Waals surface area contributed by atoms with Crippen molar-refractivity contribution >= 4 is 33.4 Å². The highest BCUT2D eigenvalue weighted by Gasteiger charge is 2.29. The number of esters is 1. The second-order valence-electron chi connectivity index (χ2n) is 6.36. The quantitative estimate of drug-likeness (QED) is 0.469. The van der Waals surface area contributed by atoms with Crippen molar-refractivity contribution in [3.63, 3.8) is 0 Å². The number of Topliss-reactive ketones (excluding diaryl/α,β-unsaturated/α-hetero) is 1. The van der Waals surface area contributed by atoms with E-state index in [1.165, 1.54) is 23.5 Å². The molecule has 0 aliphatic carbocycles. The van der Waals surface area contributed by atoms with E-state index in [4.69, 9.17) is 25.8 Å². The molecule has 0 radical (unpaired) electrons. The van der Waals surface area contributed by atoms with Crippen LogP contribution in [0.25, 0.3) is 0 Å². The number of ketones is 1. The van der Waals surface area contributed by atoms with E-state index < -0.39 is 28.4 Å². The van der Waals surface area contributed by atoms with Crippen LogP contribution in [-0.2, 0) is 19.5 Å². The molecule has 0 spiro atoms. The molecule has 0 aromatic heterocycles. The van der Waals surface area contributed by atoms with Crippen molar-refractivity contribution in [3.05, 3.63) is 58.6 Å². The van der Waals surface area contributed by atoms with Crippen LogP contribution in [0.3, 0.4) is 0 Å². The van der Waals surface area contributed by atoms with Crippen LogP contribution in [0.5, 0.6) is 5.75 Å². The van der Waals surface area contributed by atoms with Crippen molar-refractivity contribution < 1.29 is 32.2 Å². The highest BCUT2D eigenvalue weighted by Crippen LogP contribution is 2.27. The maximum absolute atomic E-state index is 12.9. The molecule has 0 atom stereocenters. The molecule has 0 bridgehead atoms. The molecule has 1 heterocycles. The van der Waals surface area contributed by atoms with Crippen LogP contribution in [0.4, 0.5) is 0 Å². The van der Waals surface area contributed by atoms with Gasteiger partial charge in [-0.1, -0.05) is 23.7 Å². The summed E-state index contributed by atoms with van der Waals surface area (Å²) in [6.07, 6.45) is 0. The fourth-order valence-corrected chi connectivity index (χ4v) is 4.83. The number of ether oxygens (including phenoxy) is 3. The number of halogens is 1. The lowest BCUT2D eigenvalue weighted by Crippen LogP contribution is -2.40.